The molecule has 2 bridgehead atoms. The molecule has 0 aromatic heterocycles. The zero-order valence-electron chi connectivity index (χ0n) is 18.0. The Morgan fingerprint density at radius 3 is 2.27 bits per heavy atom. The van der Waals surface area contributed by atoms with Crippen molar-refractivity contribution in [1.29, 1.82) is 0 Å². The van der Waals surface area contributed by atoms with Crippen LogP contribution in [-0.4, -0.2) is 28.9 Å². The molecule has 2 saturated heterocycles. The summed E-state index contributed by atoms with van der Waals surface area (Å²) in [6.07, 6.45) is -1.91. The maximum Gasteiger partial charge on any atom is 0.416 e. The Hall–Kier alpha value is -2.90. The summed E-state index contributed by atoms with van der Waals surface area (Å²) in [6, 6.07) is 11.4. The molecule has 0 spiro atoms. The third-order valence-electron chi connectivity index (χ3n) is 6.59. The molecule has 176 valence electrons. The summed E-state index contributed by atoms with van der Waals surface area (Å²) in [5.41, 5.74) is -0.226. The van der Waals surface area contributed by atoms with Gasteiger partial charge in [0, 0.05) is 24.4 Å². The van der Waals surface area contributed by atoms with Gasteiger partial charge in [0.25, 0.3) is 0 Å². The first-order valence-electron chi connectivity index (χ1n) is 11.1. The van der Waals surface area contributed by atoms with Crippen molar-refractivity contribution in [2.24, 2.45) is 5.92 Å². The molecular formula is C25H25F4NO3. The van der Waals surface area contributed by atoms with Gasteiger partial charge in [-0.3, -0.25) is 4.79 Å². The zero-order valence-corrected chi connectivity index (χ0v) is 18.0. The Balaban J connectivity index is 1.39. The predicted octanol–water partition coefficient (Wildman–Crippen LogP) is 5.93. The number of rotatable bonds is 5. The van der Waals surface area contributed by atoms with Gasteiger partial charge in [-0.25, -0.2) is 9.18 Å². The van der Waals surface area contributed by atoms with Crippen LogP contribution in [-0.2, 0) is 28.7 Å². The van der Waals surface area contributed by atoms with Crippen LogP contribution in [0.4, 0.5) is 22.4 Å². The highest BCUT2D eigenvalue weighted by Crippen LogP contribution is 2.38. The molecule has 0 saturated carbocycles. The smallest absolute Gasteiger partial charge is 0.416 e. The SMILES string of the molecule is O=C(Cc1ccc(C(F)(F)F)cc1F)C1CC2CCCC(C1)N2C(=O)OCc1ccccc1. The molecule has 1 amide bonds. The van der Waals surface area contributed by atoms with E-state index in [9.17, 15) is 27.2 Å². The number of fused-ring (bicyclic) bond motifs is 2. The molecule has 4 nitrogen and oxygen atoms in total. The number of nitrogens with zero attached hydrogens (tertiary/aromatic N) is 1. The van der Waals surface area contributed by atoms with Crippen LogP contribution < -0.4 is 0 Å². The lowest BCUT2D eigenvalue weighted by Crippen LogP contribution is -2.55. The lowest BCUT2D eigenvalue weighted by Gasteiger charge is -2.47. The average Bonchev–Trinajstić information content (AvgIpc) is 2.77. The molecule has 2 aliphatic rings. The number of amides is 1. The van der Waals surface area contributed by atoms with Crippen molar-refractivity contribution in [3.63, 3.8) is 0 Å². The second-order valence-electron chi connectivity index (χ2n) is 8.80. The number of ketones is 1. The predicted molar refractivity (Wildman–Crippen MR) is 113 cm³/mol. The quantitative estimate of drug-likeness (QED) is 0.517. The van der Waals surface area contributed by atoms with Gasteiger partial charge in [0.1, 0.15) is 18.2 Å². The maximum absolute atomic E-state index is 14.2. The van der Waals surface area contributed by atoms with Crippen LogP contribution in [0.25, 0.3) is 0 Å². The normalized spacial score (nSPS) is 22.7. The number of hydrogen-bond donors (Lipinski definition) is 0. The molecule has 4 rings (SSSR count). The van der Waals surface area contributed by atoms with Crippen LogP contribution in [0.2, 0.25) is 0 Å². The first kappa shape index (κ1) is 23.3. The number of ether oxygens (including phenoxy) is 1. The van der Waals surface area contributed by atoms with Gasteiger partial charge in [-0.05, 0) is 55.4 Å². The van der Waals surface area contributed by atoms with Gasteiger partial charge < -0.3 is 9.64 Å². The molecule has 2 aromatic rings. The molecular weight excluding hydrogens is 438 g/mol. The van der Waals surface area contributed by atoms with Gasteiger partial charge in [0.2, 0.25) is 0 Å². The second-order valence-corrected chi connectivity index (χ2v) is 8.80. The van der Waals surface area contributed by atoms with Crippen LogP contribution in [0, 0.1) is 11.7 Å². The lowest BCUT2D eigenvalue weighted by atomic mass is 9.76. The van der Waals surface area contributed by atoms with Gasteiger partial charge in [-0.15, -0.1) is 0 Å². The summed E-state index contributed by atoms with van der Waals surface area (Å²) in [6.45, 7) is 0.172. The maximum atomic E-state index is 14.2. The number of carbonyl (C=O) groups is 2. The van der Waals surface area contributed by atoms with E-state index in [0.29, 0.717) is 18.9 Å². The average molecular weight is 463 g/mol. The molecule has 0 N–H and O–H groups in total. The second kappa shape index (κ2) is 9.53. The Morgan fingerprint density at radius 1 is 1.00 bits per heavy atom. The van der Waals surface area contributed by atoms with Gasteiger partial charge in [-0.2, -0.15) is 13.2 Å². The summed E-state index contributed by atoms with van der Waals surface area (Å²) < 4.78 is 58.0. The van der Waals surface area contributed by atoms with Crippen LogP contribution in [0.5, 0.6) is 0 Å². The minimum atomic E-state index is -4.64. The van der Waals surface area contributed by atoms with E-state index in [4.69, 9.17) is 4.74 Å². The fourth-order valence-electron chi connectivity index (χ4n) is 4.94. The Labute approximate surface area is 189 Å². The van der Waals surface area contributed by atoms with E-state index in [1.807, 2.05) is 30.3 Å². The monoisotopic (exact) mass is 463 g/mol. The number of Topliss-reactive ketones (excluding diaryl/α,β-unsaturated/α-hetero) is 1. The highest BCUT2D eigenvalue weighted by molar-refractivity contribution is 5.84. The molecule has 8 heteroatoms. The van der Waals surface area contributed by atoms with E-state index in [1.165, 1.54) is 0 Å². The molecule has 0 aliphatic carbocycles. The van der Waals surface area contributed by atoms with E-state index >= 15 is 0 Å². The Bertz CT molecular complexity index is 994. The molecule has 2 fully saturated rings. The third-order valence-corrected chi connectivity index (χ3v) is 6.59. The Morgan fingerprint density at radius 2 is 1.67 bits per heavy atom. The summed E-state index contributed by atoms with van der Waals surface area (Å²) in [5.74, 6) is -1.59. The van der Waals surface area contributed by atoms with Crippen molar-refractivity contribution < 1.29 is 31.9 Å². The van der Waals surface area contributed by atoms with Gasteiger partial charge in [0.05, 0.1) is 5.56 Å². The van der Waals surface area contributed by atoms with Gasteiger partial charge in [0.15, 0.2) is 0 Å². The van der Waals surface area contributed by atoms with Crippen molar-refractivity contribution in [3.8, 4) is 0 Å². The number of carbonyl (C=O) groups excluding carboxylic acids is 2. The molecule has 2 atom stereocenters. The van der Waals surface area contributed by atoms with E-state index in [2.05, 4.69) is 0 Å². The molecule has 2 heterocycles. The van der Waals surface area contributed by atoms with Crippen LogP contribution in [0.1, 0.15) is 48.8 Å². The first-order valence-corrected chi connectivity index (χ1v) is 11.1. The minimum absolute atomic E-state index is 0.0390. The highest BCUT2D eigenvalue weighted by atomic mass is 19.4. The van der Waals surface area contributed by atoms with Crippen molar-refractivity contribution in [2.75, 3.05) is 0 Å². The van der Waals surface area contributed by atoms with Crippen molar-refractivity contribution in [2.45, 2.75) is 63.4 Å². The summed E-state index contributed by atoms with van der Waals surface area (Å²) in [7, 11) is 0. The molecule has 2 aliphatic heterocycles. The van der Waals surface area contributed by atoms with Crippen molar-refractivity contribution in [1.82, 2.24) is 4.90 Å². The fourth-order valence-corrected chi connectivity index (χ4v) is 4.94. The topological polar surface area (TPSA) is 46.6 Å². The van der Waals surface area contributed by atoms with E-state index < -0.39 is 23.7 Å². The number of halogens is 4. The van der Waals surface area contributed by atoms with Gasteiger partial charge in [-0.1, -0.05) is 36.4 Å². The fraction of sp³-hybridized carbons (Fsp3) is 0.440. The minimum Gasteiger partial charge on any atom is -0.445 e. The van der Waals surface area contributed by atoms with Crippen LogP contribution >= 0.6 is 0 Å². The summed E-state index contributed by atoms with van der Waals surface area (Å²) >= 11 is 0. The first-order chi connectivity index (χ1) is 15.7. The van der Waals surface area contributed by atoms with E-state index in [1.54, 1.807) is 4.90 Å². The molecule has 0 radical (unpaired) electrons. The molecule has 2 unspecified atom stereocenters. The number of hydrogen-bond acceptors (Lipinski definition) is 3. The number of benzene rings is 2. The molecule has 2 aromatic carbocycles. The lowest BCUT2D eigenvalue weighted by molar-refractivity contribution is -0.137. The van der Waals surface area contributed by atoms with E-state index in [-0.39, 0.29) is 42.4 Å². The number of alkyl halides is 3. The van der Waals surface area contributed by atoms with Crippen molar-refractivity contribution >= 4 is 11.9 Å². The number of piperidine rings is 2. The standard InChI is InChI=1S/C25H25F4NO3/c26-22-14-19(25(27,28)29)10-9-17(22)13-23(31)18-11-20-7-4-8-21(12-18)30(20)24(32)33-15-16-5-2-1-3-6-16/h1-3,5-6,9-10,14,18,20-21H,4,7-8,11-13,15H2. The summed E-state index contributed by atoms with van der Waals surface area (Å²) in [4.78, 5) is 27.4. The van der Waals surface area contributed by atoms with Crippen LogP contribution in [0.15, 0.2) is 48.5 Å². The van der Waals surface area contributed by atoms with Gasteiger partial charge >= 0.3 is 12.3 Å². The molecule has 33 heavy (non-hydrogen) atoms. The summed E-state index contributed by atoms with van der Waals surface area (Å²) in [5, 5.41) is 0. The largest absolute Gasteiger partial charge is 0.445 e. The highest BCUT2D eigenvalue weighted by Gasteiger charge is 2.43. The zero-order chi connectivity index (χ0) is 23.6. The van der Waals surface area contributed by atoms with E-state index in [0.717, 1.165) is 37.0 Å². The Kier molecular flexibility index (Phi) is 6.72. The third kappa shape index (κ3) is 5.37. The van der Waals surface area contributed by atoms with Crippen molar-refractivity contribution in [3.05, 3.63) is 71.0 Å². The van der Waals surface area contributed by atoms with Crippen LogP contribution in [0.3, 0.4) is 0 Å².